The van der Waals surface area contributed by atoms with Gasteiger partial charge >= 0.3 is 0 Å². The molecule has 0 amide bonds. The Morgan fingerprint density at radius 2 is 2.00 bits per heavy atom. The van der Waals surface area contributed by atoms with E-state index in [-0.39, 0.29) is 1.43 Å². The molecule has 1 rings (SSSR count). The highest BCUT2D eigenvalue weighted by molar-refractivity contribution is 5.13. The summed E-state index contributed by atoms with van der Waals surface area (Å²) in [6.45, 7) is 0.515. The molecule has 0 saturated carbocycles. The van der Waals surface area contributed by atoms with Crippen LogP contribution in [0.25, 0.3) is 0 Å². The molecule has 0 aliphatic heterocycles. The molecule has 1 aromatic carbocycles. The Labute approximate surface area is 55.6 Å². The maximum Gasteiger partial charge on any atom is 0.0458 e. The van der Waals surface area contributed by atoms with Crippen LogP contribution >= 0.6 is 0 Å². The van der Waals surface area contributed by atoms with Crippen molar-refractivity contribution < 1.29 is 6.63 Å². The number of hydroxylamine groups is 1. The number of nitrogens with one attached hydrogen (secondary N) is 1. The highest BCUT2D eigenvalue weighted by Crippen LogP contribution is 1.95. The van der Waals surface area contributed by atoms with Crippen molar-refractivity contribution in [1.82, 2.24) is 5.48 Å². The fourth-order valence-corrected chi connectivity index (χ4v) is 0.687. The average Bonchev–Trinajstić information content (AvgIpc) is 1.91. The molecule has 0 heterocycles. The van der Waals surface area contributed by atoms with Gasteiger partial charge < -0.3 is 5.21 Å². The molecule has 0 fully saturated rings. The largest absolute Gasteiger partial charge is 0.316 e. The predicted molar refractivity (Wildman–Crippen MR) is 37.2 cm³/mol. The molecule has 0 aliphatic carbocycles. The van der Waals surface area contributed by atoms with Crippen LogP contribution in [0.2, 0.25) is 0 Å². The van der Waals surface area contributed by atoms with E-state index in [0.717, 1.165) is 5.56 Å². The molecule has 0 radical (unpaired) electrons. The van der Waals surface area contributed by atoms with Crippen molar-refractivity contribution in [3.8, 4) is 0 Å². The van der Waals surface area contributed by atoms with Crippen molar-refractivity contribution in [3.05, 3.63) is 35.9 Å². The highest BCUT2D eigenvalue weighted by atomic mass is 16.5. The van der Waals surface area contributed by atoms with Gasteiger partial charge in [0.1, 0.15) is 0 Å². The van der Waals surface area contributed by atoms with Crippen LogP contribution < -0.4 is 5.48 Å². The smallest absolute Gasteiger partial charge is 0.0458 e. The van der Waals surface area contributed by atoms with Gasteiger partial charge in [0.25, 0.3) is 0 Å². The second-order valence-corrected chi connectivity index (χ2v) is 1.82. The van der Waals surface area contributed by atoms with E-state index >= 15 is 0 Å². The van der Waals surface area contributed by atoms with Gasteiger partial charge in [-0.1, -0.05) is 30.3 Å². The second-order valence-electron chi connectivity index (χ2n) is 1.82. The van der Waals surface area contributed by atoms with Crippen LogP contribution in [-0.4, -0.2) is 5.21 Å². The summed E-state index contributed by atoms with van der Waals surface area (Å²) in [6.07, 6.45) is 0. The van der Waals surface area contributed by atoms with E-state index in [1.807, 2.05) is 30.3 Å². The lowest BCUT2D eigenvalue weighted by atomic mass is 10.2. The summed E-state index contributed by atoms with van der Waals surface area (Å²) in [5.74, 6) is 0. The normalized spacial score (nSPS) is 9.44. The third-order valence-corrected chi connectivity index (χ3v) is 1.13. The lowest BCUT2D eigenvalue weighted by Gasteiger charge is -1.94. The first-order chi connectivity index (χ1) is 4.43. The van der Waals surface area contributed by atoms with Gasteiger partial charge in [0.2, 0.25) is 0 Å². The molecular formula is C7H11NO. The van der Waals surface area contributed by atoms with Gasteiger partial charge in [-0.25, -0.2) is 5.48 Å². The Morgan fingerprint density at radius 3 is 2.56 bits per heavy atom. The van der Waals surface area contributed by atoms with Crippen LogP contribution in [0.15, 0.2) is 30.3 Å². The molecule has 1 aromatic rings. The SMILES string of the molecule is ONCc1ccccc1.[HH]. The number of benzene rings is 1. The van der Waals surface area contributed by atoms with E-state index in [0.29, 0.717) is 6.54 Å². The zero-order valence-corrected chi connectivity index (χ0v) is 5.04. The summed E-state index contributed by atoms with van der Waals surface area (Å²) >= 11 is 0. The fourth-order valence-electron chi connectivity index (χ4n) is 0.687. The minimum absolute atomic E-state index is 0. The van der Waals surface area contributed by atoms with E-state index in [1.54, 1.807) is 0 Å². The van der Waals surface area contributed by atoms with Gasteiger partial charge in [0.15, 0.2) is 0 Å². The van der Waals surface area contributed by atoms with Gasteiger partial charge in [0.05, 0.1) is 0 Å². The number of rotatable bonds is 2. The second kappa shape index (κ2) is 3.22. The molecule has 0 bridgehead atoms. The highest BCUT2D eigenvalue weighted by Gasteiger charge is 1.84. The summed E-state index contributed by atoms with van der Waals surface area (Å²) in [7, 11) is 0. The third-order valence-electron chi connectivity index (χ3n) is 1.13. The molecule has 2 N–H and O–H groups in total. The van der Waals surface area contributed by atoms with E-state index in [4.69, 9.17) is 5.21 Å². The molecule has 0 atom stereocenters. The minimum atomic E-state index is 0. The lowest BCUT2D eigenvalue weighted by molar-refractivity contribution is 0.161. The van der Waals surface area contributed by atoms with Crippen LogP contribution in [0, 0.1) is 0 Å². The van der Waals surface area contributed by atoms with Crippen molar-refractivity contribution in [1.29, 1.82) is 0 Å². The molecule has 0 unspecified atom stereocenters. The van der Waals surface area contributed by atoms with Crippen LogP contribution in [0.1, 0.15) is 6.99 Å². The Balaban J connectivity index is 0.000000810. The Morgan fingerprint density at radius 1 is 1.33 bits per heavy atom. The Bertz CT molecular complexity index is 167. The van der Waals surface area contributed by atoms with Gasteiger partial charge in [-0.3, -0.25) is 0 Å². The molecule has 0 aromatic heterocycles. The number of hydrogen-bond donors (Lipinski definition) is 2. The molecule has 0 saturated heterocycles. The van der Waals surface area contributed by atoms with E-state index < -0.39 is 0 Å². The topological polar surface area (TPSA) is 32.3 Å². The first-order valence-electron chi connectivity index (χ1n) is 2.84. The van der Waals surface area contributed by atoms with Crippen LogP contribution in [0.5, 0.6) is 0 Å². The zero-order chi connectivity index (χ0) is 6.53. The Kier molecular flexibility index (Phi) is 2.24. The van der Waals surface area contributed by atoms with Crippen molar-refractivity contribution in [2.24, 2.45) is 0 Å². The monoisotopic (exact) mass is 125 g/mol. The van der Waals surface area contributed by atoms with Crippen molar-refractivity contribution in [2.75, 3.05) is 0 Å². The molecule has 0 aliphatic rings. The summed E-state index contributed by atoms with van der Waals surface area (Å²) in [6, 6.07) is 9.71. The summed E-state index contributed by atoms with van der Waals surface area (Å²) in [5, 5.41) is 8.27. The quantitative estimate of drug-likeness (QED) is 0.586. The molecule has 0 spiro atoms. The van der Waals surface area contributed by atoms with Gasteiger partial charge in [-0.05, 0) is 5.56 Å². The van der Waals surface area contributed by atoms with Crippen LogP contribution in [-0.2, 0) is 6.54 Å². The van der Waals surface area contributed by atoms with Crippen LogP contribution in [0.4, 0.5) is 0 Å². The fraction of sp³-hybridized carbons (Fsp3) is 0.143. The Hall–Kier alpha value is -0.860. The molecule has 2 heteroatoms. The lowest BCUT2D eigenvalue weighted by Crippen LogP contribution is -2.05. The average molecular weight is 125 g/mol. The maximum atomic E-state index is 8.27. The standard InChI is InChI=1S/C7H9NO.H2/c9-8-6-7-4-2-1-3-5-7;/h1-5,8-9H,6H2;1H. The molecule has 50 valence electrons. The van der Waals surface area contributed by atoms with Gasteiger partial charge in [-0.2, -0.15) is 0 Å². The zero-order valence-electron chi connectivity index (χ0n) is 5.04. The van der Waals surface area contributed by atoms with Crippen LogP contribution in [0.3, 0.4) is 0 Å². The van der Waals surface area contributed by atoms with E-state index in [9.17, 15) is 0 Å². The maximum absolute atomic E-state index is 8.27. The molecule has 9 heavy (non-hydrogen) atoms. The van der Waals surface area contributed by atoms with E-state index in [2.05, 4.69) is 5.48 Å². The molecule has 2 nitrogen and oxygen atoms in total. The van der Waals surface area contributed by atoms with Crippen molar-refractivity contribution in [2.45, 2.75) is 6.54 Å². The third kappa shape index (κ3) is 1.83. The first-order valence-corrected chi connectivity index (χ1v) is 2.84. The van der Waals surface area contributed by atoms with Crippen molar-refractivity contribution in [3.63, 3.8) is 0 Å². The van der Waals surface area contributed by atoms with Gasteiger partial charge in [-0.15, -0.1) is 0 Å². The summed E-state index contributed by atoms with van der Waals surface area (Å²) in [5.41, 5.74) is 3.17. The van der Waals surface area contributed by atoms with Crippen molar-refractivity contribution >= 4 is 0 Å². The van der Waals surface area contributed by atoms with Gasteiger partial charge in [0, 0.05) is 7.97 Å². The molecular weight excluding hydrogens is 114 g/mol. The number of hydrogen-bond acceptors (Lipinski definition) is 2. The predicted octanol–water partition coefficient (Wildman–Crippen LogP) is 1.41. The summed E-state index contributed by atoms with van der Waals surface area (Å²) < 4.78 is 0. The minimum Gasteiger partial charge on any atom is -0.316 e. The first kappa shape index (κ1) is 6.26. The summed E-state index contributed by atoms with van der Waals surface area (Å²) in [4.78, 5) is 0. The van der Waals surface area contributed by atoms with E-state index in [1.165, 1.54) is 0 Å².